The Labute approximate surface area is 146 Å². The molecule has 112 valence electrons. The van der Waals surface area contributed by atoms with Crippen LogP contribution in [0.15, 0.2) is 39.7 Å². The quantitative estimate of drug-likeness (QED) is 0.545. The second-order valence-electron chi connectivity index (χ2n) is 4.54. The largest absolute Gasteiger partial charge is 0.457 e. The number of hydrogen-bond donors (Lipinski definition) is 0. The SMILES string of the molecule is CN1C(=O)C(=Cc2ccc(-c3c(Cl)cccc3Cl)o2)SC1=S. The molecule has 0 unspecified atom stereocenters. The molecule has 1 aromatic carbocycles. The van der Waals surface area contributed by atoms with Crippen molar-refractivity contribution in [2.24, 2.45) is 0 Å². The standard InChI is InChI=1S/C15H9Cl2NO2S2/c1-18-14(19)12(22-15(18)21)7-8-5-6-11(20-8)13-9(16)3-2-4-10(13)17/h2-7H,1H3. The Morgan fingerprint density at radius 1 is 1.23 bits per heavy atom. The third kappa shape index (κ3) is 2.82. The van der Waals surface area contributed by atoms with Crippen molar-refractivity contribution >= 4 is 63.5 Å². The minimum Gasteiger partial charge on any atom is -0.457 e. The van der Waals surface area contributed by atoms with Crippen LogP contribution in [0.5, 0.6) is 0 Å². The van der Waals surface area contributed by atoms with Crippen LogP contribution < -0.4 is 0 Å². The fraction of sp³-hybridized carbons (Fsp3) is 0.0667. The van der Waals surface area contributed by atoms with Crippen molar-refractivity contribution in [3.8, 4) is 11.3 Å². The second kappa shape index (κ2) is 6.08. The summed E-state index contributed by atoms with van der Waals surface area (Å²) in [7, 11) is 1.65. The fourth-order valence-corrected chi connectivity index (χ4v) is 3.72. The van der Waals surface area contributed by atoms with Gasteiger partial charge in [-0.2, -0.15) is 0 Å². The summed E-state index contributed by atoms with van der Waals surface area (Å²) in [6, 6.07) is 8.79. The number of carbonyl (C=O) groups excluding carboxylic acids is 1. The van der Waals surface area contributed by atoms with E-state index in [0.29, 0.717) is 36.4 Å². The lowest BCUT2D eigenvalue weighted by atomic mass is 10.2. The first-order valence-electron chi connectivity index (χ1n) is 6.23. The average molecular weight is 370 g/mol. The van der Waals surface area contributed by atoms with Crippen LogP contribution in [0, 0.1) is 0 Å². The Balaban J connectivity index is 1.96. The predicted molar refractivity (Wildman–Crippen MR) is 95.1 cm³/mol. The van der Waals surface area contributed by atoms with E-state index in [0.717, 1.165) is 0 Å². The molecule has 1 fully saturated rings. The van der Waals surface area contributed by atoms with Crippen LogP contribution in [0.3, 0.4) is 0 Å². The van der Waals surface area contributed by atoms with Gasteiger partial charge in [-0.1, -0.05) is 53.2 Å². The van der Waals surface area contributed by atoms with Gasteiger partial charge in [0.05, 0.1) is 20.5 Å². The van der Waals surface area contributed by atoms with Crippen molar-refractivity contribution in [3.63, 3.8) is 0 Å². The smallest absolute Gasteiger partial charge is 0.266 e. The molecule has 3 nitrogen and oxygen atoms in total. The molecule has 0 aliphatic carbocycles. The fourth-order valence-electron chi connectivity index (χ4n) is 1.97. The number of hydrogen-bond acceptors (Lipinski definition) is 4. The molecule has 1 aliphatic heterocycles. The van der Waals surface area contributed by atoms with E-state index in [1.54, 1.807) is 43.5 Å². The molecule has 0 atom stereocenters. The molecule has 1 amide bonds. The summed E-state index contributed by atoms with van der Waals surface area (Å²) in [6.07, 6.45) is 1.66. The molecular weight excluding hydrogens is 361 g/mol. The molecule has 1 saturated heterocycles. The lowest BCUT2D eigenvalue weighted by Crippen LogP contribution is -2.22. The topological polar surface area (TPSA) is 33.5 Å². The Morgan fingerprint density at radius 3 is 2.50 bits per heavy atom. The summed E-state index contributed by atoms with van der Waals surface area (Å²) in [5, 5.41) is 1.02. The Hall–Kier alpha value is -1.27. The first-order valence-corrected chi connectivity index (χ1v) is 8.21. The number of thioether (sulfide) groups is 1. The van der Waals surface area contributed by atoms with Crippen molar-refractivity contribution in [1.82, 2.24) is 4.90 Å². The molecule has 2 heterocycles. The highest BCUT2D eigenvalue weighted by atomic mass is 35.5. The average Bonchev–Trinajstić information content (AvgIpc) is 3.01. The number of amides is 1. The Morgan fingerprint density at radius 2 is 1.91 bits per heavy atom. The zero-order chi connectivity index (χ0) is 15.9. The van der Waals surface area contributed by atoms with Crippen LogP contribution in [0.25, 0.3) is 17.4 Å². The summed E-state index contributed by atoms with van der Waals surface area (Å²) in [4.78, 5) is 13.9. The zero-order valence-electron chi connectivity index (χ0n) is 11.3. The van der Waals surface area contributed by atoms with Crippen molar-refractivity contribution < 1.29 is 9.21 Å². The van der Waals surface area contributed by atoms with E-state index in [2.05, 4.69) is 0 Å². The van der Waals surface area contributed by atoms with Gasteiger partial charge in [-0.25, -0.2) is 0 Å². The Bertz CT molecular complexity index is 793. The van der Waals surface area contributed by atoms with Gasteiger partial charge < -0.3 is 4.42 Å². The predicted octanol–water partition coefficient (Wildman–Crippen LogP) is 5.08. The molecule has 1 aliphatic rings. The summed E-state index contributed by atoms with van der Waals surface area (Å²) >= 11 is 18.7. The maximum absolute atomic E-state index is 12.0. The van der Waals surface area contributed by atoms with Crippen LogP contribution >= 0.6 is 47.2 Å². The van der Waals surface area contributed by atoms with Gasteiger partial charge >= 0.3 is 0 Å². The number of furan rings is 1. The van der Waals surface area contributed by atoms with E-state index >= 15 is 0 Å². The van der Waals surface area contributed by atoms with Gasteiger partial charge in [0.15, 0.2) is 0 Å². The summed E-state index contributed by atoms with van der Waals surface area (Å²) < 4.78 is 6.26. The van der Waals surface area contributed by atoms with Crippen LogP contribution in [0.2, 0.25) is 10.0 Å². The van der Waals surface area contributed by atoms with Crippen LogP contribution in [0.4, 0.5) is 0 Å². The van der Waals surface area contributed by atoms with Crippen molar-refractivity contribution in [2.75, 3.05) is 7.05 Å². The maximum Gasteiger partial charge on any atom is 0.266 e. The van der Waals surface area contributed by atoms with E-state index in [1.807, 2.05) is 0 Å². The van der Waals surface area contributed by atoms with Gasteiger partial charge in [0.1, 0.15) is 15.8 Å². The molecule has 22 heavy (non-hydrogen) atoms. The van der Waals surface area contributed by atoms with Crippen LogP contribution in [0.1, 0.15) is 5.76 Å². The second-order valence-corrected chi connectivity index (χ2v) is 7.03. The number of halogens is 2. The molecule has 0 radical (unpaired) electrons. The first-order chi connectivity index (χ1) is 10.5. The lowest BCUT2D eigenvalue weighted by Gasteiger charge is -2.03. The monoisotopic (exact) mass is 369 g/mol. The number of benzene rings is 1. The number of rotatable bonds is 2. The minimum atomic E-state index is -0.135. The van der Waals surface area contributed by atoms with Gasteiger partial charge in [0, 0.05) is 13.1 Å². The summed E-state index contributed by atoms with van der Waals surface area (Å²) in [5.41, 5.74) is 0.633. The Kier molecular flexibility index (Phi) is 4.32. The molecule has 0 saturated carbocycles. The maximum atomic E-state index is 12.0. The summed E-state index contributed by atoms with van der Waals surface area (Å²) in [6.45, 7) is 0. The molecule has 0 N–H and O–H groups in total. The molecule has 3 rings (SSSR count). The first kappa shape index (κ1) is 15.6. The third-order valence-corrected chi connectivity index (χ3v) is 5.21. The highest BCUT2D eigenvalue weighted by Crippen LogP contribution is 2.37. The van der Waals surface area contributed by atoms with Gasteiger partial charge in [0.25, 0.3) is 5.91 Å². The third-order valence-electron chi connectivity index (χ3n) is 3.10. The van der Waals surface area contributed by atoms with Crippen LogP contribution in [-0.2, 0) is 4.79 Å². The molecule has 0 spiro atoms. The van der Waals surface area contributed by atoms with E-state index in [1.165, 1.54) is 16.7 Å². The molecule has 2 aromatic rings. The van der Waals surface area contributed by atoms with Crippen molar-refractivity contribution in [3.05, 3.63) is 51.0 Å². The number of thiocarbonyl (C=S) groups is 1. The molecular formula is C15H9Cl2NO2S2. The van der Waals surface area contributed by atoms with Gasteiger partial charge in [0.2, 0.25) is 0 Å². The number of carbonyl (C=O) groups is 1. The van der Waals surface area contributed by atoms with E-state index in [4.69, 9.17) is 39.8 Å². The molecule has 1 aromatic heterocycles. The minimum absolute atomic E-state index is 0.135. The molecule has 7 heteroatoms. The summed E-state index contributed by atoms with van der Waals surface area (Å²) in [5.74, 6) is 0.956. The normalized spacial score (nSPS) is 16.9. The number of likely N-dealkylation sites (N-methyl/N-ethyl adjacent to an activating group) is 1. The van der Waals surface area contributed by atoms with Crippen LogP contribution in [-0.4, -0.2) is 22.2 Å². The zero-order valence-corrected chi connectivity index (χ0v) is 14.4. The van der Waals surface area contributed by atoms with Crippen molar-refractivity contribution in [1.29, 1.82) is 0 Å². The van der Waals surface area contributed by atoms with E-state index < -0.39 is 0 Å². The van der Waals surface area contributed by atoms with E-state index in [9.17, 15) is 4.79 Å². The van der Waals surface area contributed by atoms with Gasteiger partial charge in [-0.05, 0) is 24.3 Å². The van der Waals surface area contributed by atoms with Gasteiger partial charge in [-0.15, -0.1) is 0 Å². The lowest BCUT2D eigenvalue weighted by molar-refractivity contribution is -0.121. The highest BCUT2D eigenvalue weighted by molar-refractivity contribution is 8.26. The van der Waals surface area contributed by atoms with Crippen molar-refractivity contribution in [2.45, 2.75) is 0 Å². The number of nitrogens with zero attached hydrogens (tertiary/aromatic N) is 1. The van der Waals surface area contributed by atoms with E-state index in [-0.39, 0.29) is 5.91 Å². The van der Waals surface area contributed by atoms with Gasteiger partial charge in [-0.3, -0.25) is 9.69 Å². The highest BCUT2D eigenvalue weighted by Gasteiger charge is 2.29. The molecule has 0 bridgehead atoms.